The number of hydrogen-bond acceptors (Lipinski definition) is 8. The van der Waals surface area contributed by atoms with Crippen molar-refractivity contribution in [2.45, 2.75) is 59.5 Å². The van der Waals surface area contributed by atoms with Crippen molar-refractivity contribution in [2.24, 2.45) is 4.99 Å². The molecule has 6 rings (SSSR count). The molecule has 44 heavy (non-hydrogen) atoms. The molecule has 0 radical (unpaired) electrons. The maximum atomic E-state index is 14.3. The molecule has 1 unspecified atom stereocenters. The third-order valence-electron chi connectivity index (χ3n) is 7.24. The molecule has 2 N–H and O–H groups in total. The third kappa shape index (κ3) is 6.59. The fourth-order valence-corrected chi connectivity index (χ4v) is 5.40. The van der Waals surface area contributed by atoms with Gasteiger partial charge in [-0.05, 0) is 68.1 Å². The summed E-state index contributed by atoms with van der Waals surface area (Å²) in [4.78, 5) is 28.0. The van der Waals surface area contributed by atoms with E-state index < -0.39 is 6.41 Å². The zero-order chi connectivity index (χ0) is 30.1. The van der Waals surface area contributed by atoms with Gasteiger partial charge in [-0.2, -0.15) is 10.1 Å². The van der Waals surface area contributed by atoms with Gasteiger partial charge in [0.1, 0.15) is 11.6 Å². The van der Waals surface area contributed by atoms with Crippen LogP contribution >= 0.6 is 0 Å². The van der Waals surface area contributed by atoms with Gasteiger partial charge in [-0.25, -0.2) is 24.4 Å². The van der Waals surface area contributed by atoms with E-state index >= 15 is 0 Å². The van der Waals surface area contributed by atoms with Crippen LogP contribution < -0.4 is 67.2 Å². The summed E-state index contributed by atoms with van der Waals surface area (Å²) in [5, 5.41) is 14.4. The molecule has 10 nitrogen and oxygen atoms in total. The van der Waals surface area contributed by atoms with Gasteiger partial charge in [0.15, 0.2) is 5.84 Å². The number of rotatable bonds is 9. The second-order valence-electron chi connectivity index (χ2n) is 10.8. The Kier molecular flexibility index (Phi) is 10.2. The van der Waals surface area contributed by atoms with Gasteiger partial charge in [0, 0.05) is 17.5 Å². The number of ether oxygens (including phenoxy) is 1. The molecule has 0 aliphatic carbocycles. The molecule has 0 amide bonds. The van der Waals surface area contributed by atoms with Crippen LogP contribution in [0.25, 0.3) is 22.6 Å². The number of amidine groups is 1. The Morgan fingerprint density at radius 1 is 1.02 bits per heavy atom. The zero-order valence-corrected chi connectivity index (χ0v) is 28.7. The minimum Gasteiger partial charge on any atom is -0.491 e. The van der Waals surface area contributed by atoms with Crippen LogP contribution in [0.5, 0.6) is 5.75 Å². The number of aliphatic imine (C=N–C) groups is 1. The van der Waals surface area contributed by atoms with E-state index in [0.29, 0.717) is 41.5 Å². The molecule has 0 saturated carbocycles. The fraction of sp³-hybridized carbons (Fsp3) is 0.273. The van der Waals surface area contributed by atoms with Gasteiger partial charge in [0.2, 0.25) is 5.78 Å². The van der Waals surface area contributed by atoms with E-state index in [4.69, 9.17) is 14.7 Å². The monoisotopic (exact) mass is 617 g/mol. The van der Waals surface area contributed by atoms with Crippen LogP contribution in [0.15, 0.2) is 82.6 Å². The Hall–Kier alpha value is -3.16. The molecule has 0 bridgehead atoms. The predicted molar refractivity (Wildman–Crippen MR) is 165 cm³/mol. The topological polar surface area (TPSA) is 115 Å². The summed E-state index contributed by atoms with van der Waals surface area (Å²) in [5.41, 5.74) is 8.56. The number of benzene rings is 3. The predicted octanol–water partition coefficient (Wildman–Crippen LogP) is 1.75. The number of aliphatic hydroxyl groups excluding tert-OH is 1. The van der Waals surface area contributed by atoms with Crippen molar-refractivity contribution >= 4 is 11.6 Å². The SMILES string of the molecule is CCCc1c(Cc2ccc(-c3ccccc3C3=NC(O)ON3)cc2)c(=O)n(-c2ccc(OC(C)C)cc2)c2nc(C)nn12.[K+]. The molecule has 1 aliphatic rings. The number of aliphatic hydroxyl groups is 1. The van der Waals surface area contributed by atoms with E-state index in [9.17, 15) is 9.90 Å². The molecular formula is C33H34KN6O4+. The minimum atomic E-state index is -1.23. The Morgan fingerprint density at radius 3 is 2.36 bits per heavy atom. The first-order valence-corrected chi connectivity index (χ1v) is 14.5. The molecule has 0 spiro atoms. The molecule has 2 aromatic heterocycles. The van der Waals surface area contributed by atoms with E-state index in [0.717, 1.165) is 40.1 Å². The van der Waals surface area contributed by atoms with Crippen molar-refractivity contribution < 1.29 is 66.1 Å². The first kappa shape index (κ1) is 32.2. The molecule has 11 heteroatoms. The molecule has 220 valence electrons. The standard InChI is InChI=1S/C33H34N6O4.K/c1-5-8-29-28(19-22-11-13-23(14-12-22)26-9-6-7-10-27(26)30-35-33(41)43-37-30)31(40)38(32-34-21(4)36-39(29)32)24-15-17-25(18-16-24)42-20(2)3;/h6-7,9-18,20,33,41H,5,8,19H2,1-4H3,(H,35,37);/q;+1. The second kappa shape index (κ2) is 13.9. The number of aryl methyl sites for hydroxylation is 2. The van der Waals surface area contributed by atoms with Gasteiger partial charge in [-0.1, -0.05) is 61.9 Å². The maximum absolute atomic E-state index is 14.3. The van der Waals surface area contributed by atoms with E-state index in [1.165, 1.54) is 0 Å². The van der Waals surface area contributed by atoms with Crippen molar-refractivity contribution in [1.29, 1.82) is 0 Å². The summed E-state index contributed by atoms with van der Waals surface area (Å²) >= 11 is 0. The normalized spacial score (nSPS) is 14.4. The Morgan fingerprint density at radius 2 is 1.73 bits per heavy atom. The number of aromatic nitrogens is 4. The molecule has 1 atom stereocenters. The van der Waals surface area contributed by atoms with Gasteiger partial charge in [0.25, 0.3) is 12.0 Å². The van der Waals surface area contributed by atoms with Gasteiger partial charge in [-0.3, -0.25) is 4.79 Å². The van der Waals surface area contributed by atoms with Gasteiger partial charge in [-0.15, -0.1) is 0 Å². The number of nitrogens with one attached hydrogen (secondary N) is 1. The number of nitrogens with zero attached hydrogens (tertiary/aromatic N) is 5. The second-order valence-corrected chi connectivity index (χ2v) is 10.8. The Labute approximate surface area is 298 Å². The van der Waals surface area contributed by atoms with Crippen molar-refractivity contribution in [2.75, 3.05) is 0 Å². The summed E-state index contributed by atoms with van der Waals surface area (Å²) in [6.07, 6.45) is 0.810. The van der Waals surface area contributed by atoms with Crippen molar-refractivity contribution in [3.05, 3.63) is 111 Å². The molecule has 0 saturated heterocycles. The average molecular weight is 618 g/mol. The fourth-order valence-electron chi connectivity index (χ4n) is 5.40. The largest absolute Gasteiger partial charge is 1.00 e. The van der Waals surface area contributed by atoms with Gasteiger partial charge in [0.05, 0.1) is 17.5 Å². The van der Waals surface area contributed by atoms with Crippen LogP contribution in [0.4, 0.5) is 0 Å². The van der Waals surface area contributed by atoms with Crippen LogP contribution in [-0.4, -0.2) is 42.6 Å². The Bertz CT molecular complexity index is 1860. The molecular weight excluding hydrogens is 583 g/mol. The number of hydroxylamine groups is 1. The first-order chi connectivity index (χ1) is 20.8. The molecule has 3 aromatic carbocycles. The third-order valence-corrected chi connectivity index (χ3v) is 7.24. The summed E-state index contributed by atoms with van der Waals surface area (Å²) in [6.45, 7) is 7.89. The summed E-state index contributed by atoms with van der Waals surface area (Å²) in [6, 6.07) is 23.4. The maximum Gasteiger partial charge on any atom is 1.00 e. The van der Waals surface area contributed by atoms with E-state index in [1.807, 2.05) is 98.1 Å². The smallest absolute Gasteiger partial charge is 0.491 e. The molecule has 1 aliphatic heterocycles. The summed E-state index contributed by atoms with van der Waals surface area (Å²) in [5.74, 6) is 2.31. The zero-order valence-electron chi connectivity index (χ0n) is 25.6. The van der Waals surface area contributed by atoms with Crippen molar-refractivity contribution in [3.8, 4) is 22.6 Å². The van der Waals surface area contributed by atoms with Crippen LogP contribution in [0, 0.1) is 6.92 Å². The number of hydrogen-bond donors (Lipinski definition) is 2. The first-order valence-electron chi connectivity index (χ1n) is 14.5. The van der Waals surface area contributed by atoms with Gasteiger partial charge >= 0.3 is 51.4 Å². The van der Waals surface area contributed by atoms with Crippen LogP contribution in [0.1, 0.15) is 55.4 Å². The molecule has 3 heterocycles. The van der Waals surface area contributed by atoms with E-state index in [2.05, 4.69) is 22.4 Å². The van der Waals surface area contributed by atoms with Crippen LogP contribution in [0.3, 0.4) is 0 Å². The van der Waals surface area contributed by atoms with E-state index in [1.54, 1.807) is 4.57 Å². The van der Waals surface area contributed by atoms with Crippen molar-refractivity contribution in [3.63, 3.8) is 0 Å². The minimum absolute atomic E-state index is 0. The van der Waals surface area contributed by atoms with Crippen LogP contribution in [0.2, 0.25) is 0 Å². The average Bonchev–Trinajstić information content (AvgIpc) is 3.61. The summed E-state index contributed by atoms with van der Waals surface area (Å²) < 4.78 is 9.28. The van der Waals surface area contributed by atoms with Gasteiger partial charge < -0.3 is 9.84 Å². The number of fused-ring (bicyclic) bond motifs is 1. The Balaban J connectivity index is 0.00000384. The quantitative estimate of drug-likeness (QED) is 0.242. The summed E-state index contributed by atoms with van der Waals surface area (Å²) in [7, 11) is 0. The van der Waals surface area contributed by atoms with Crippen LogP contribution in [-0.2, 0) is 17.7 Å². The van der Waals surface area contributed by atoms with E-state index in [-0.39, 0.29) is 63.0 Å². The molecule has 0 fully saturated rings. The molecule has 5 aromatic rings. The van der Waals surface area contributed by atoms with Crippen molar-refractivity contribution in [1.82, 2.24) is 24.6 Å².